The van der Waals surface area contributed by atoms with Crippen LogP contribution in [0.5, 0.6) is 0 Å². The first-order valence-corrected chi connectivity index (χ1v) is 15.3. The Morgan fingerprint density at radius 2 is 1.00 bits per heavy atom. The zero-order valence-electron chi connectivity index (χ0n) is 24.9. The second kappa shape index (κ2) is 31.8. The number of nitrogens with zero attached hydrogens (tertiary/aromatic N) is 1. The fraction of sp³-hybridized carbons (Fsp3) is 0.967. The van der Waals surface area contributed by atoms with E-state index in [1.807, 2.05) is 0 Å². The number of halogens is 1. The van der Waals surface area contributed by atoms with E-state index in [0.717, 1.165) is 36.8 Å². The number of hydrogen-bond donors (Lipinski definition) is 4. The number of nitrogens with two attached hydrogens (primary N) is 1. The van der Waals surface area contributed by atoms with Crippen molar-refractivity contribution < 1.29 is 37.0 Å². The van der Waals surface area contributed by atoms with E-state index in [1.165, 1.54) is 109 Å². The van der Waals surface area contributed by atoms with Gasteiger partial charge in [0.1, 0.15) is 0 Å². The standard InChI is InChI=1S/C22H44O2.C8H21N2O2.ClH/c1-2-3-4-5-6-7-8-9-10-11-12-13-14-15-16-17-18-19-20-21-22(23)24;1-10(2,6-3-5-9)7-4-8(11)12;/h2-21H2,1H3,(H,23,24);8,11-12H,3-7,9H2,1-2H3;1H/q;+1;/p-1. The molecule has 0 amide bonds. The van der Waals surface area contributed by atoms with Gasteiger partial charge < -0.3 is 37.9 Å². The maximum atomic E-state index is 10.4. The second-order valence-electron chi connectivity index (χ2n) is 11.3. The van der Waals surface area contributed by atoms with Gasteiger partial charge in [-0.25, -0.2) is 0 Å². The number of aliphatic carboxylic acids is 1. The second-order valence-corrected chi connectivity index (χ2v) is 11.3. The first kappa shape index (κ1) is 41.1. The first-order chi connectivity index (χ1) is 17.2. The fourth-order valence-electron chi connectivity index (χ4n) is 4.45. The van der Waals surface area contributed by atoms with Crippen molar-refractivity contribution in [2.45, 2.75) is 154 Å². The van der Waals surface area contributed by atoms with Crippen LogP contribution in [0.25, 0.3) is 0 Å². The summed E-state index contributed by atoms with van der Waals surface area (Å²) in [5.41, 5.74) is 5.38. The fourth-order valence-corrected chi connectivity index (χ4v) is 4.45. The Hall–Kier alpha value is -0.400. The summed E-state index contributed by atoms with van der Waals surface area (Å²) in [5, 5.41) is 25.9. The molecule has 0 rings (SSSR count). The molecular formula is C30H65ClN2O4. The van der Waals surface area contributed by atoms with E-state index in [2.05, 4.69) is 21.0 Å². The molecule has 0 aromatic carbocycles. The van der Waals surface area contributed by atoms with Gasteiger partial charge in [-0.15, -0.1) is 0 Å². The molecule has 0 atom stereocenters. The lowest BCUT2D eigenvalue weighted by Gasteiger charge is -2.29. The number of carbonyl (C=O) groups is 1. The number of aliphatic hydroxyl groups excluding tert-OH is 1. The molecule has 0 heterocycles. The van der Waals surface area contributed by atoms with Crippen molar-refractivity contribution in [3.8, 4) is 0 Å². The minimum atomic E-state index is -1.18. The summed E-state index contributed by atoms with van der Waals surface area (Å²) >= 11 is 0. The van der Waals surface area contributed by atoms with Crippen LogP contribution in [-0.4, -0.2) is 65.8 Å². The highest BCUT2D eigenvalue weighted by Crippen LogP contribution is 2.14. The molecule has 7 heteroatoms. The molecule has 0 unspecified atom stereocenters. The normalized spacial score (nSPS) is 11.2. The lowest BCUT2D eigenvalue weighted by atomic mass is 10.0. The number of quaternary nitrogens is 1. The van der Waals surface area contributed by atoms with Crippen LogP contribution in [-0.2, 0) is 4.79 Å². The highest BCUT2D eigenvalue weighted by Gasteiger charge is 2.15. The number of hydrogen-bond acceptors (Lipinski definition) is 4. The largest absolute Gasteiger partial charge is 1.00 e. The van der Waals surface area contributed by atoms with Gasteiger partial charge in [0.05, 0.1) is 27.2 Å². The van der Waals surface area contributed by atoms with Crippen LogP contribution in [0.4, 0.5) is 0 Å². The maximum Gasteiger partial charge on any atom is 0.303 e. The third-order valence-corrected chi connectivity index (χ3v) is 6.95. The molecule has 5 N–H and O–H groups in total. The zero-order chi connectivity index (χ0) is 27.3. The molecule has 6 nitrogen and oxygen atoms in total. The molecule has 0 saturated carbocycles. The van der Waals surface area contributed by atoms with Gasteiger partial charge in [0.15, 0.2) is 6.29 Å². The molecule has 226 valence electrons. The maximum absolute atomic E-state index is 10.4. The average molecular weight is 553 g/mol. The van der Waals surface area contributed by atoms with Crippen molar-refractivity contribution in [1.82, 2.24) is 0 Å². The third-order valence-electron chi connectivity index (χ3n) is 6.95. The summed E-state index contributed by atoms with van der Waals surface area (Å²) in [5.74, 6) is -0.651. The SMILES string of the molecule is CCCCCCCCCCCCCCCCCCCCCC(=O)O.C[N+](C)(CCCN)CCC(O)O.[Cl-]. The predicted molar refractivity (Wildman–Crippen MR) is 154 cm³/mol. The van der Waals surface area contributed by atoms with Crippen LogP contribution < -0.4 is 18.1 Å². The van der Waals surface area contributed by atoms with E-state index >= 15 is 0 Å². The van der Waals surface area contributed by atoms with Crippen LogP contribution in [0, 0.1) is 0 Å². The summed E-state index contributed by atoms with van der Waals surface area (Å²) in [6.07, 6.45) is 26.3. The topological polar surface area (TPSA) is 104 Å². The zero-order valence-corrected chi connectivity index (χ0v) is 25.7. The van der Waals surface area contributed by atoms with E-state index in [4.69, 9.17) is 21.1 Å². The third kappa shape index (κ3) is 40.2. The molecule has 0 aromatic heterocycles. The van der Waals surface area contributed by atoms with Crippen molar-refractivity contribution in [3.63, 3.8) is 0 Å². The van der Waals surface area contributed by atoms with Crippen LogP contribution in [0.15, 0.2) is 0 Å². The molecule has 0 spiro atoms. The molecule has 0 fully saturated rings. The van der Waals surface area contributed by atoms with Gasteiger partial charge in [0, 0.05) is 19.3 Å². The van der Waals surface area contributed by atoms with Gasteiger partial charge >= 0.3 is 5.97 Å². The summed E-state index contributed by atoms with van der Waals surface area (Å²) < 4.78 is 0.800. The van der Waals surface area contributed by atoms with Crippen LogP contribution in [0.3, 0.4) is 0 Å². The van der Waals surface area contributed by atoms with Gasteiger partial charge in [-0.2, -0.15) is 0 Å². The summed E-state index contributed by atoms with van der Waals surface area (Å²) in [6.45, 7) is 4.75. The Morgan fingerprint density at radius 1 is 0.649 bits per heavy atom. The minimum Gasteiger partial charge on any atom is -1.00 e. The first-order valence-electron chi connectivity index (χ1n) is 15.3. The summed E-state index contributed by atoms with van der Waals surface area (Å²) in [4.78, 5) is 10.4. The smallest absolute Gasteiger partial charge is 0.303 e. The van der Waals surface area contributed by atoms with E-state index < -0.39 is 12.3 Å². The van der Waals surface area contributed by atoms with Gasteiger partial charge in [-0.05, 0) is 13.0 Å². The minimum absolute atomic E-state index is 0. The van der Waals surface area contributed by atoms with Gasteiger partial charge in [0.25, 0.3) is 0 Å². The molecule has 0 aromatic rings. The quantitative estimate of drug-likeness (QED) is 0.0737. The Labute approximate surface area is 236 Å². The lowest BCUT2D eigenvalue weighted by Crippen LogP contribution is -3.00. The average Bonchev–Trinajstić information content (AvgIpc) is 2.83. The molecule has 0 aliphatic carbocycles. The van der Waals surface area contributed by atoms with Gasteiger partial charge in [-0.1, -0.05) is 122 Å². The van der Waals surface area contributed by atoms with Crippen molar-refractivity contribution in [2.75, 3.05) is 33.7 Å². The van der Waals surface area contributed by atoms with Crippen LogP contribution >= 0.6 is 0 Å². The van der Waals surface area contributed by atoms with Gasteiger partial charge in [-0.3, -0.25) is 4.79 Å². The number of carboxylic acids is 1. The molecule has 0 saturated heterocycles. The van der Waals surface area contributed by atoms with Crippen molar-refractivity contribution in [3.05, 3.63) is 0 Å². The van der Waals surface area contributed by atoms with Crippen molar-refractivity contribution in [2.24, 2.45) is 5.73 Å². The Kier molecular flexibility index (Phi) is 35.3. The van der Waals surface area contributed by atoms with Gasteiger partial charge in [0.2, 0.25) is 0 Å². The van der Waals surface area contributed by atoms with Crippen molar-refractivity contribution >= 4 is 5.97 Å². The number of unbranched alkanes of at least 4 members (excludes halogenated alkanes) is 18. The lowest BCUT2D eigenvalue weighted by molar-refractivity contribution is -0.891. The van der Waals surface area contributed by atoms with E-state index in [9.17, 15) is 4.79 Å². The van der Waals surface area contributed by atoms with Crippen LogP contribution in [0.2, 0.25) is 0 Å². The van der Waals surface area contributed by atoms with Crippen molar-refractivity contribution in [1.29, 1.82) is 0 Å². The monoisotopic (exact) mass is 552 g/mol. The van der Waals surface area contributed by atoms with Crippen LogP contribution in [0.1, 0.15) is 148 Å². The molecule has 0 aliphatic rings. The Bertz CT molecular complexity index is 451. The Morgan fingerprint density at radius 3 is 1.30 bits per heavy atom. The predicted octanol–water partition coefficient (Wildman–Crippen LogP) is 4.01. The van der Waals surface area contributed by atoms with E-state index in [-0.39, 0.29) is 12.4 Å². The summed E-state index contributed by atoms with van der Waals surface area (Å²) in [6, 6.07) is 0. The Balaban J connectivity index is -0.000000751. The highest BCUT2D eigenvalue weighted by molar-refractivity contribution is 5.66. The molecule has 0 bridgehead atoms. The number of carboxylic acid groups (broad SMARTS) is 1. The number of rotatable bonds is 26. The summed E-state index contributed by atoms with van der Waals surface area (Å²) in [7, 11) is 4.14. The highest BCUT2D eigenvalue weighted by atomic mass is 35.5. The van der Waals surface area contributed by atoms with E-state index in [1.54, 1.807) is 0 Å². The molecule has 0 radical (unpaired) electrons. The number of aliphatic hydroxyl groups is 2. The van der Waals surface area contributed by atoms with E-state index in [0.29, 0.717) is 19.4 Å². The molecular weight excluding hydrogens is 488 g/mol. The molecule has 0 aliphatic heterocycles. The molecule has 37 heavy (non-hydrogen) atoms.